The first-order valence-electron chi connectivity index (χ1n) is 3.35. The average molecular weight is 164 g/mol. The summed E-state index contributed by atoms with van der Waals surface area (Å²) in [6.07, 6.45) is 0. The maximum absolute atomic E-state index is 5.63. The predicted octanol–water partition coefficient (Wildman–Crippen LogP) is 1.77. The van der Waals surface area contributed by atoms with Gasteiger partial charge in [-0.05, 0) is 31.0 Å². The Labute approximate surface area is 71.9 Å². The first-order valence-corrected chi connectivity index (χ1v) is 4.12. The summed E-state index contributed by atoms with van der Waals surface area (Å²) in [6.45, 7) is 5.80. The molecule has 0 aliphatic carbocycles. The van der Waals surface area contributed by atoms with E-state index in [-0.39, 0.29) is 0 Å². The van der Waals surface area contributed by atoms with Crippen LogP contribution in [0, 0.1) is 6.92 Å². The van der Waals surface area contributed by atoms with Gasteiger partial charge in [-0.3, -0.25) is 0 Å². The Bertz CT molecular complexity index is 286. The van der Waals surface area contributed by atoms with E-state index in [4.69, 9.17) is 7.85 Å². The zero-order chi connectivity index (χ0) is 8.43. The van der Waals surface area contributed by atoms with E-state index < -0.39 is 0 Å². The van der Waals surface area contributed by atoms with Gasteiger partial charge in [0, 0.05) is 0 Å². The molecule has 4 heteroatoms. The molecular weight excluding hydrogens is 155 g/mol. The quantitative estimate of drug-likeness (QED) is 0.591. The van der Waals surface area contributed by atoms with Crippen LogP contribution in [0.15, 0.2) is 5.47 Å². The number of aromatic nitrogens is 2. The summed E-state index contributed by atoms with van der Waals surface area (Å²) in [7, 11) is 5.63. The second-order valence-electron chi connectivity index (χ2n) is 2.50. The molecule has 0 bridgehead atoms. The van der Waals surface area contributed by atoms with Crippen molar-refractivity contribution >= 4 is 25.0 Å². The van der Waals surface area contributed by atoms with E-state index >= 15 is 0 Å². The Morgan fingerprint density at radius 1 is 1.45 bits per heavy atom. The van der Waals surface area contributed by atoms with E-state index in [1.807, 2.05) is 20.8 Å². The fraction of sp³-hybridized carbons (Fsp3) is 0.429. The van der Waals surface area contributed by atoms with Crippen LogP contribution in [0.1, 0.15) is 24.4 Å². The largest absolute Gasteiger partial charge is 0.143 e. The minimum absolute atomic E-state index is 0.833. The monoisotopic (exact) mass is 164 g/mol. The van der Waals surface area contributed by atoms with Crippen LogP contribution < -0.4 is 0 Å². The summed E-state index contributed by atoms with van der Waals surface area (Å²) >= 11 is 1.39. The van der Waals surface area contributed by atoms with Gasteiger partial charge in [-0.15, -0.1) is 10.6 Å². The number of hydrogen-bond acceptors (Lipinski definition) is 3. The van der Waals surface area contributed by atoms with Crippen molar-refractivity contribution in [2.75, 3.05) is 0 Å². The molecule has 1 aromatic heterocycles. The van der Waals surface area contributed by atoms with Gasteiger partial charge in [0.15, 0.2) is 0 Å². The van der Waals surface area contributed by atoms with Crippen LogP contribution in [0.5, 0.6) is 0 Å². The van der Waals surface area contributed by atoms with Crippen molar-refractivity contribution in [1.29, 1.82) is 0 Å². The summed E-state index contributed by atoms with van der Waals surface area (Å²) in [5.74, 6) is 0. The van der Waals surface area contributed by atoms with Crippen LogP contribution in [-0.2, 0) is 0 Å². The number of aryl methyl sites for hydroxylation is 1. The van der Waals surface area contributed by atoms with Gasteiger partial charge in [-0.2, -0.15) is 0 Å². The third kappa shape index (κ3) is 1.68. The summed E-state index contributed by atoms with van der Waals surface area (Å²) in [5, 5.41) is 3.90. The number of hydrogen-bond donors (Lipinski definition) is 0. The lowest BCUT2D eigenvalue weighted by Gasteiger charge is -1.99. The molecule has 0 saturated carbocycles. The Hall–Kier alpha value is -0.635. The molecule has 0 fully saturated rings. The second-order valence-corrected chi connectivity index (χ2v) is 3.25. The van der Waals surface area contributed by atoms with E-state index in [1.54, 1.807) is 0 Å². The highest BCUT2D eigenvalue weighted by atomic mass is 32.1. The molecular formula is C7H9BN2S. The molecule has 1 rings (SSSR count). The van der Waals surface area contributed by atoms with Crippen LogP contribution in [0.2, 0.25) is 0 Å². The molecule has 0 aliphatic rings. The first-order chi connectivity index (χ1) is 5.13. The van der Waals surface area contributed by atoms with Crippen molar-refractivity contribution in [2.45, 2.75) is 20.8 Å². The molecule has 0 aliphatic heterocycles. The predicted molar refractivity (Wildman–Crippen MR) is 48.7 cm³/mol. The van der Waals surface area contributed by atoms with Gasteiger partial charge in [0.05, 0.1) is 10.6 Å². The Balaban J connectivity index is 3.12. The van der Waals surface area contributed by atoms with Crippen molar-refractivity contribution in [1.82, 2.24) is 9.59 Å². The van der Waals surface area contributed by atoms with Gasteiger partial charge in [0.1, 0.15) is 7.85 Å². The molecule has 0 aromatic carbocycles. The maximum Gasteiger partial charge on any atom is 0.107 e. The van der Waals surface area contributed by atoms with Crippen LogP contribution in [0.4, 0.5) is 0 Å². The average Bonchev–Trinajstić information content (AvgIpc) is 2.33. The second kappa shape index (κ2) is 3.18. The van der Waals surface area contributed by atoms with Gasteiger partial charge in [0.25, 0.3) is 0 Å². The van der Waals surface area contributed by atoms with Gasteiger partial charge in [0.2, 0.25) is 0 Å². The summed E-state index contributed by atoms with van der Waals surface area (Å²) in [5.41, 5.74) is 2.87. The lowest BCUT2D eigenvalue weighted by Crippen LogP contribution is -1.84. The number of rotatable bonds is 1. The normalized spacial score (nSPS) is 13.0. The zero-order valence-electron chi connectivity index (χ0n) is 6.88. The van der Waals surface area contributed by atoms with Crippen molar-refractivity contribution in [3.8, 4) is 0 Å². The Kier molecular flexibility index (Phi) is 2.44. The summed E-state index contributed by atoms with van der Waals surface area (Å²) in [6, 6.07) is 0. The SMILES string of the molecule is [B]C(C)=C(C)c1snnc1C. The highest BCUT2D eigenvalue weighted by Crippen LogP contribution is 2.21. The molecule has 0 spiro atoms. The molecule has 2 nitrogen and oxygen atoms in total. The zero-order valence-corrected chi connectivity index (χ0v) is 7.70. The molecule has 0 unspecified atom stereocenters. The van der Waals surface area contributed by atoms with E-state index in [2.05, 4.69) is 9.59 Å². The smallest absolute Gasteiger partial charge is 0.107 e. The Morgan fingerprint density at radius 2 is 2.09 bits per heavy atom. The third-order valence-corrected chi connectivity index (χ3v) is 2.53. The van der Waals surface area contributed by atoms with Crippen molar-refractivity contribution in [2.24, 2.45) is 0 Å². The molecule has 11 heavy (non-hydrogen) atoms. The third-order valence-electron chi connectivity index (χ3n) is 1.58. The van der Waals surface area contributed by atoms with E-state index in [0.29, 0.717) is 0 Å². The molecule has 2 radical (unpaired) electrons. The van der Waals surface area contributed by atoms with Gasteiger partial charge >= 0.3 is 0 Å². The number of nitrogens with zero attached hydrogens (tertiary/aromatic N) is 2. The van der Waals surface area contributed by atoms with Gasteiger partial charge in [-0.25, -0.2) is 0 Å². The van der Waals surface area contributed by atoms with E-state index in [9.17, 15) is 0 Å². The fourth-order valence-electron chi connectivity index (χ4n) is 0.753. The maximum atomic E-state index is 5.63. The summed E-state index contributed by atoms with van der Waals surface area (Å²) in [4.78, 5) is 1.09. The number of allylic oxidation sites excluding steroid dienone is 2. The topological polar surface area (TPSA) is 25.8 Å². The van der Waals surface area contributed by atoms with Gasteiger partial charge in [-0.1, -0.05) is 11.4 Å². The molecule has 0 N–H and O–H groups in total. The van der Waals surface area contributed by atoms with Crippen molar-refractivity contribution < 1.29 is 0 Å². The highest BCUT2D eigenvalue weighted by Gasteiger charge is 2.04. The van der Waals surface area contributed by atoms with Crippen LogP contribution in [-0.4, -0.2) is 17.4 Å². The van der Waals surface area contributed by atoms with E-state index in [0.717, 1.165) is 21.6 Å². The van der Waals surface area contributed by atoms with Crippen molar-refractivity contribution in [3.05, 3.63) is 16.0 Å². The Morgan fingerprint density at radius 3 is 2.45 bits per heavy atom. The van der Waals surface area contributed by atoms with Crippen molar-refractivity contribution in [3.63, 3.8) is 0 Å². The highest BCUT2D eigenvalue weighted by molar-refractivity contribution is 7.06. The van der Waals surface area contributed by atoms with E-state index in [1.165, 1.54) is 11.5 Å². The van der Waals surface area contributed by atoms with Crippen LogP contribution >= 0.6 is 11.5 Å². The first kappa shape index (κ1) is 8.46. The fourth-order valence-corrected chi connectivity index (χ4v) is 1.47. The van der Waals surface area contributed by atoms with Gasteiger partial charge < -0.3 is 0 Å². The molecule has 0 saturated heterocycles. The lowest BCUT2D eigenvalue weighted by atomic mass is 9.92. The standard InChI is InChI=1S/C7H9BN2S/c1-4(5(2)8)7-6(3)9-10-11-7/h1-3H3. The molecule has 1 heterocycles. The molecule has 0 amide bonds. The minimum Gasteiger partial charge on any atom is -0.143 e. The van der Waals surface area contributed by atoms with Crippen LogP contribution in [0.25, 0.3) is 5.57 Å². The lowest BCUT2D eigenvalue weighted by molar-refractivity contribution is 1.08. The van der Waals surface area contributed by atoms with Crippen LogP contribution in [0.3, 0.4) is 0 Å². The molecule has 0 atom stereocenters. The molecule has 1 aromatic rings. The minimum atomic E-state index is 0.833. The summed E-state index contributed by atoms with van der Waals surface area (Å²) < 4.78 is 3.83. The molecule has 56 valence electrons.